The molecule has 6 heteroatoms. The first-order valence-corrected chi connectivity index (χ1v) is 5.84. The number of hydrogen-bond donors (Lipinski definition) is 2. The molecule has 2 N–H and O–H groups in total. The van der Waals surface area contributed by atoms with Gasteiger partial charge in [-0.05, 0) is 27.4 Å². The summed E-state index contributed by atoms with van der Waals surface area (Å²) in [5.41, 5.74) is -0.367. The number of hydrogen-bond acceptors (Lipinski definition) is 4. The molecule has 2 aromatic heterocycles. The van der Waals surface area contributed by atoms with E-state index in [0.29, 0.717) is 12.2 Å². The van der Waals surface area contributed by atoms with Gasteiger partial charge in [0, 0.05) is 11.3 Å². The third-order valence-corrected chi connectivity index (χ3v) is 3.41. The van der Waals surface area contributed by atoms with Gasteiger partial charge in [-0.2, -0.15) is 4.98 Å². The molecule has 0 aliphatic heterocycles. The predicted molar refractivity (Wildman–Crippen MR) is 61.3 cm³/mol. The van der Waals surface area contributed by atoms with Gasteiger partial charge in [-0.1, -0.05) is 6.07 Å². The monoisotopic (exact) mass is 286 g/mol. The molecule has 0 aliphatic carbocycles. The smallest absolute Gasteiger partial charge is 0.269 e. The fraction of sp³-hybridized carbons (Fsp3) is 0.111. The zero-order chi connectivity index (χ0) is 10.8. The molecule has 78 valence electrons. The highest BCUT2D eigenvalue weighted by atomic mass is 79.9. The standard InChI is InChI=1S/C9H7BrN2O2S/c10-7-8(13)11-6(12-9(7)14)4-5-2-1-3-15-5/h1-3H,4H2,(H2,11,12,13,14). The van der Waals surface area contributed by atoms with Crippen LogP contribution in [-0.4, -0.2) is 15.1 Å². The first-order valence-electron chi connectivity index (χ1n) is 4.17. The lowest BCUT2D eigenvalue weighted by atomic mass is 10.3. The summed E-state index contributed by atoms with van der Waals surface area (Å²) in [6.07, 6.45) is 0.522. The number of nitrogens with zero attached hydrogens (tertiary/aromatic N) is 1. The summed E-state index contributed by atoms with van der Waals surface area (Å²) >= 11 is 4.52. The predicted octanol–water partition coefficient (Wildman–Crippen LogP) is 1.89. The van der Waals surface area contributed by atoms with Crippen LogP contribution < -0.4 is 5.56 Å². The van der Waals surface area contributed by atoms with E-state index >= 15 is 0 Å². The van der Waals surface area contributed by atoms with Crippen LogP contribution in [0.25, 0.3) is 0 Å². The van der Waals surface area contributed by atoms with Gasteiger partial charge in [-0.3, -0.25) is 4.79 Å². The number of nitrogens with one attached hydrogen (secondary N) is 1. The topological polar surface area (TPSA) is 66.0 Å². The molecule has 2 aromatic rings. The minimum absolute atomic E-state index is 0.0671. The first-order chi connectivity index (χ1) is 7.16. The largest absolute Gasteiger partial charge is 0.492 e. The minimum Gasteiger partial charge on any atom is -0.492 e. The summed E-state index contributed by atoms with van der Waals surface area (Å²) in [4.78, 5) is 18.8. The maximum atomic E-state index is 11.3. The normalized spacial score (nSPS) is 10.5. The van der Waals surface area contributed by atoms with E-state index in [1.807, 2.05) is 17.5 Å². The Labute approximate surface area is 97.8 Å². The van der Waals surface area contributed by atoms with Crippen LogP contribution >= 0.6 is 27.3 Å². The molecule has 0 bridgehead atoms. The van der Waals surface area contributed by atoms with Gasteiger partial charge in [0.15, 0.2) is 0 Å². The van der Waals surface area contributed by atoms with E-state index < -0.39 is 0 Å². The van der Waals surface area contributed by atoms with Crippen LogP contribution in [0.5, 0.6) is 5.88 Å². The van der Waals surface area contributed by atoms with Crippen LogP contribution in [0.15, 0.2) is 26.8 Å². The fourth-order valence-corrected chi connectivity index (χ4v) is 2.05. The van der Waals surface area contributed by atoms with Crippen LogP contribution in [0.3, 0.4) is 0 Å². The second-order valence-electron chi connectivity index (χ2n) is 2.91. The van der Waals surface area contributed by atoms with Crippen LogP contribution in [0.1, 0.15) is 10.7 Å². The van der Waals surface area contributed by atoms with Gasteiger partial charge in [0.1, 0.15) is 10.3 Å². The second kappa shape index (κ2) is 4.16. The molecule has 0 aliphatic rings. The number of aromatic nitrogens is 2. The summed E-state index contributed by atoms with van der Waals surface area (Å²) in [6.45, 7) is 0. The Morgan fingerprint density at radius 1 is 1.60 bits per heavy atom. The molecule has 4 nitrogen and oxygen atoms in total. The van der Waals surface area contributed by atoms with Crippen molar-refractivity contribution in [2.24, 2.45) is 0 Å². The fourth-order valence-electron chi connectivity index (χ4n) is 1.15. The Kier molecular flexibility index (Phi) is 2.88. The van der Waals surface area contributed by atoms with E-state index in [0.717, 1.165) is 4.88 Å². The van der Waals surface area contributed by atoms with Crippen LogP contribution in [0.2, 0.25) is 0 Å². The van der Waals surface area contributed by atoms with Crippen molar-refractivity contribution in [3.05, 3.63) is 43.0 Å². The molecule has 2 rings (SSSR count). The number of aromatic hydroxyl groups is 1. The Hall–Kier alpha value is -1.14. The van der Waals surface area contributed by atoms with Crippen molar-refractivity contribution in [3.8, 4) is 5.88 Å². The van der Waals surface area contributed by atoms with Gasteiger partial charge >= 0.3 is 0 Å². The van der Waals surface area contributed by atoms with Gasteiger partial charge in [-0.25, -0.2) is 0 Å². The molecule has 0 spiro atoms. The second-order valence-corrected chi connectivity index (χ2v) is 4.73. The lowest BCUT2D eigenvalue weighted by Crippen LogP contribution is -2.12. The van der Waals surface area contributed by atoms with Gasteiger partial charge in [0.2, 0.25) is 5.88 Å². The number of rotatable bonds is 2. The van der Waals surface area contributed by atoms with Gasteiger partial charge in [0.05, 0.1) is 0 Å². The highest BCUT2D eigenvalue weighted by Crippen LogP contribution is 2.17. The van der Waals surface area contributed by atoms with Crippen molar-refractivity contribution in [1.82, 2.24) is 9.97 Å². The van der Waals surface area contributed by atoms with Crippen LogP contribution in [-0.2, 0) is 6.42 Å². The summed E-state index contributed by atoms with van der Waals surface area (Å²) in [5, 5.41) is 11.3. The van der Waals surface area contributed by atoms with Crippen molar-refractivity contribution < 1.29 is 5.11 Å². The number of aromatic amines is 1. The van der Waals surface area contributed by atoms with Crippen LogP contribution in [0.4, 0.5) is 0 Å². The maximum absolute atomic E-state index is 11.3. The van der Waals surface area contributed by atoms with Crippen molar-refractivity contribution in [2.75, 3.05) is 0 Å². The summed E-state index contributed by atoms with van der Waals surface area (Å²) in [7, 11) is 0. The lowest BCUT2D eigenvalue weighted by molar-refractivity contribution is 0.444. The molecule has 15 heavy (non-hydrogen) atoms. The Balaban J connectivity index is 2.34. The van der Waals surface area contributed by atoms with Gasteiger partial charge < -0.3 is 10.1 Å². The molecule has 0 aromatic carbocycles. The molecule has 2 heterocycles. The van der Waals surface area contributed by atoms with Crippen molar-refractivity contribution in [1.29, 1.82) is 0 Å². The quantitative estimate of drug-likeness (QED) is 0.886. The van der Waals surface area contributed by atoms with Crippen molar-refractivity contribution in [2.45, 2.75) is 6.42 Å². The minimum atomic E-state index is -0.367. The SMILES string of the molecule is O=c1[nH]c(Cc2cccs2)nc(O)c1Br. The van der Waals surface area contributed by atoms with E-state index in [-0.39, 0.29) is 15.9 Å². The Bertz CT molecular complexity index is 521. The summed E-state index contributed by atoms with van der Waals surface area (Å²) in [5.74, 6) is 0.188. The summed E-state index contributed by atoms with van der Waals surface area (Å²) < 4.78 is 0.0671. The van der Waals surface area contributed by atoms with Gasteiger partial charge in [0.25, 0.3) is 5.56 Å². The van der Waals surface area contributed by atoms with E-state index in [9.17, 15) is 9.90 Å². The molecular weight excluding hydrogens is 280 g/mol. The van der Waals surface area contributed by atoms with Crippen molar-refractivity contribution in [3.63, 3.8) is 0 Å². The lowest BCUT2D eigenvalue weighted by Gasteiger charge is -2.00. The van der Waals surface area contributed by atoms with Crippen LogP contribution in [0, 0.1) is 0 Å². The van der Waals surface area contributed by atoms with Crippen molar-refractivity contribution >= 4 is 27.3 Å². The molecule has 0 atom stereocenters. The maximum Gasteiger partial charge on any atom is 0.269 e. The number of H-pyrrole nitrogens is 1. The average molecular weight is 287 g/mol. The van der Waals surface area contributed by atoms with E-state index in [4.69, 9.17) is 0 Å². The zero-order valence-corrected chi connectivity index (χ0v) is 9.93. The van der Waals surface area contributed by atoms with E-state index in [2.05, 4.69) is 25.9 Å². The molecule has 0 amide bonds. The Morgan fingerprint density at radius 3 is 3.00 bits per heavy atom. The van der Waals surface area contributed by atoms with Gasteiger partial charge in [-0.15, -0.1) is 11.3 Å². The molecule has 0 radical (unpaired) electrons. The number of halogens is 1. The highest BCUT2D eigenvalue weighted by molar-refractivity contribution is 9.10. The molecular formula is C9H7BrN2O2S. The summed E-state index contributed by atoms with van der Waals surface area (Å²) in [6, 6.07) is 3.88. The molecule has 0 saturated carbocycles. The zero-order valence-electron chi connectivity index (χ0n) is 7.53. The number of thiophene rings is 1. The molecule has 0 saturated heterocycles. The highest BCUT2D eigenvalue weighted by Gasteiger charge is 2.08. The molecule has 0 unspecified atom stereocenters. The Morgan fingerprint density at radius 2 is 2.40 bits per heavy atom. The third kappa shape index (κ3) is 2.27. The first kappa shape index (κ1) is 10.4. The average Bonchev–Trinajstić information content (AvgIpc) is 2.66. The van der Waals surface area contributed by atoms with E-state index in [1.165, 1.54) is 0 Å². The van der Waals surface area contributed by atoms with E-state index in [1.54, 1.807) is 11.3 Å². The molecule has 0 fully saturated rings. The third-order valence-electron chi connectivity index (χ3n) is 1.82.